The van der Waals surface area contributed by atoms with E-state index in [2.05, 4.69) is 26.4 Å². The molecule has 0 aromatic heterocycles. The van der Waals surface area contributed by atoms with Gasteiger partial charge >= 0.3 is 0 Å². The Kier molecular flexibility index (Phi) is 3.46. The minimum absolute atomic E-state index is 0.739. The molecule has 1 heterocycles. The topological polar surface area (TPSA) is 15.3 Å². The van der Waals surface area contributed by atoms with Gasteiger partial charge in [-0.3, -0.25) is 4.90 Å². The maximum Gasteiger partial charge on any atom is 0.0126 e. The monoisotopic (exact) mass is 214 g/mol. The van der Waals surface area contributed by atoms with Crippen LogP contribution in [0.2, 0.25) is 0 Å². The highest BCUT2D eigenvalue weighted by Gasteiger charge is 2.44. The number of rotatable bonds is 3. The second-order valence-electron chi connectivity index (χ2n) is 4.96. The molecule has 0 aromatic rings. The van der Waals surface area contributed by atoms with Crippen LogP contribution in [0.5, 0.6) is 0 Å². The van der Waals surface area contributed by atoms with Gasteiger partial charge in [0.1, 0.15) is 0 Å². The smallest absolute Gasteiger partial charge is 0.0126 e. The van der Waals surface area contributed by atoms with E-state index in [9.17, 15) is 0 Å². The summed E-state index contributed by atoms with van der Waals surface area (Å²) in [5.74, 6) is 0. The zero-order chi connectivity index (χ0) is 10.0. The van der Waals surface area contributed by atoms with Crippen LogP contribution in [0, 0.1) is 5.41 Å². The Morgan fingerprint density at radius 3 is 2.50 bits per heavy atom. The molecular formula is C11H23N2P. The maximum atomic E-state index is 3.56. The second kappa shape index (κ2) is 4.47. The van der Waals surface area contributed by atoms with Crippen molar-refractivity contribution in [2.75, 3.05) is 25.9 Å². The van der Waals surface area contributed by atoms with E-state index in [1.807, 2.05) is 0 Å². The molecule has 2 aliphatic rings. The molecular weight excluding hydrogens is 191 g/mol. The summed E-state index contributed by atoms with van der Waals surface area (Å²) in [7, 11) is 2.84. The van der Waals surface area contributed by atoms with Crippen LogP contribution in [-0.4, -0.2) is 36.9 Å². The second-order valence-corrected chi connectivity index (χ2v) is 5.33. The van der Waals surface area contributed by atoms with Crippen molar-refractivity contribution in [1.29, 1.82) is 0 Å². The summed E-state index contributed by atoms with van der Waals surface area (Å²) < 4.78 is 0. The molecule has 0 bridgehead atoms. The predicted octanol–water partition coefficient (Wildman–Crippen LogP) is 1.67. The fraction of sp³-hybridized carbons (Fsp3) is 1.00. The van der Waals surface area contributed by atoms with Crippen molar-refractivity contribution in [3.8, 4) is 0 Å². The van der Waals surface area contributed by atoms with E-state index in [1.165, 1.54) is 38.8 Å². The third kappa shape index (κ3) is 2.13. The van der Waals surface area contributed by atoms with Gasteiger partial charge in [-0.2, -0.15) is 0 Å². The molecule has 1 saturated heterocycles. The highest BCUT2D eigenvalue weighted by atomic mass is 31.0. The standard InChI is InChI=1S/C11H23N2P/c1-2-12-10-7-11(8-10)3-5-13(9-14)6-4-11/h10,12H,2-9,14H2,1H3. The van der Waals surface area contributed by atoms with Crippen LogP contribution < -0.4 is 5.32 Å². The minimum atomic E-state index is 0.739. The van der Waals surface area contributed by atoms with E-state index in [1.54, 1.807) is 0 Å². The Morgan fingerprint density at radius 1 is 1.36 bits per heavy atom. The molecule has 2 fully saturated rings. The van der Waals surface area contributed by atoms with Crippen LogP contribution in [0.15, 0.2) is 0 Å². The molecule has 14 heavy (non-hydrogen) atoms. The van der Waals surface area contributed by atoms with E-state index < -0.39 is 0 Å². The molecule has 1 N–H and O–H groups in total. The van der Waals surface area contributed by atoms with Gasteiger partial charge in [0.15, 0.2) is 0 Å². The lowest BCUT2D eigenvalue weighted by molar-refractivity contribution is 0.0123. The molecule has 3 heteroatoms. The van der Waals surface area contributed by atoms with E-state index in [4.69, 9.17) is 0 Å². The lowest BCUT2D eigenvalue weighted by atomic mass is 9.60. The van der Waals surface area contributed by atoms with Gasteiger partial charge in [0.25, 0.3) is 0 Å². The lowest BCUT2D eigenvalue weighted by Crippen LogP contribution is -2.53. The minimum Gasteiger partial charge on any atom is -0.314 e. The normalized spacial score (nSPS) is 27.9. The summed E-state index contributed by atoms with van der Waals surface area (Å²) in [6, 6.07) is 0.836. The van der Waals surface area contributed by atoms with Crippen LogP contribution in [0.25, 0.3) is 0 Å². The van der Waals surface area contributed by atoms with Gasteiger partial charge in [-0.25, -0.2) is 0 Å². The predicted molar refractivity (Wildman–Crippen MR) is 64.5 cm³/mol. The van der Waals surface area contributed by atoms with Crippen LogP contribution >= 0.6 is 9.24 Å². The van der Waals surface area contributed by atoms with Crippen molar-refractivity contribution < 1.29 is 0 Å². The first-order valence-corrected chi connectivity index (χ1v) is 6.75. The largest absolute Gasteiger partial charge is 0.314 e. The fourth-order valence-electron chi connectivity index (χ4n) is 3.04. The zero-order valence-electron chi connectivity index (χ0n) is 9.26. The van der Waals surface area contributed by atoms with Crippen molar-refractivity contribution >= 4 is 9.24 Å². The summed E-state index contributed by atoms with van der Waals surface area (Å²) in [5.41, 5.74) is 0.739. The summed E-state index contributed by atoms with van der Waals surface area (Å²) in [6.45, 7) is 5.99. The Labute approximate surface area is 90.0 Å². The van der Waals surface area contributed by atoms with E-state index in [0.717, 1.165) is 24.3 Å². The van der Waals surface area contributed by atoms with Gasteiger partial charge < -0.3 is 5.32 Å². The van der Waals surface area contributed by atoms with Gasteiger partial charge in [-0.05, 0) is 50.7 Å². The van der Waals surface area contributed by atoms with Crippen molar-refractivity contribution in [2.45, 2.75) is 38.6 Å². The Morgan fingerprint density at radius 2 is 2.00 bits per heavy atom. The number of nitrogens with one attached hydrogen (secondary N) is 1. The highest BCUT2D eigenvalue weighted by Crippen LogP contribution is 2.48. The first-order valence-electron chi connectivity index (χ1n) is 5.94. The molecule has 1 spiro atoms. The van der Waals surface area contributed by atoms with E-state index >= 15 is 0 Å². The van der Waals surface area contributed by atoms with E-state index in [0.29, 0.717) is 0 Å². The molecule has 0 aromatic carbocycles. The van der Waals surface area contributed by atoms with Gasteiger partial charge in [0.2, 0.25) is 0 Å². The number of hydrogen-bond donors (Lipinski definition) is 1. The summed E-state index contributed by atoms with van der Waals surface area (Å²) in [6.07, 6.45) is 6.90. The quantitative estimate of drug-likeness (QED) is 0.719. The average Bonchev–Trinajstić information content (AvgIpc) is 2.17. The molecule has 0 amide bonds. The van der Waals surface area contributed by atoms with Crippen LogP contribution in [0.4, 0.5) is 0 Å². The number of likely N-dealkylation sites (tertiary alicyclic amines) is 1. The summed E-state index contributed by atoms with van der Waals surface area (Å²) in [4.78, 5) is 2.55. The maximum absolute atomic E-state index is 3.56. The first kappa shape index (κ1) is 10.9. The molecule has 1 aliphatic carbocycles. The Hall–Kier alpha value is 0.350. The summed E-state index contributed by atoms with van der Waals surface area (Å²) >= 11 is 0. The van der Waals surface area contributed by atoms with Crippen LogP contribution in [0.3, 0.4) is 0 Å². The summed E-state index contributed by atoms with van der Waals surface area (Å²) in [5, 5.41) is 3.56. The lowest BCUT2D eigenvalue weighted by Gasteiger charge is -2.52. The SMILES string of the molecule is CCNC1CC2(CCN(CP)CC2)C1. The van der Waals surface area contributed by atoms with Crippen molar-refractivity contribution in [3.63, 3.8) is 0 Å². The molecule has 1 atom stereocenters. The zero-order valence-corrected chi connectivity index (χ0v) is 10.4. The first-order chi connectivity index (χ1) is 6.78. The fourth-order valence-corrected chi connectivity index (χ4v) is 3.40. The number of nitrogens with zero attached hydrogens (tertiary/aromatic N) is 1. The third-order valence-electron chi connectivity index (χ3n) is 4.03. The third-order valence-corrected chi connectivity index (χ3v) is 4.54. The molecule has 0 radical (unpaired) electrons. The molecule has 1 saturated carbocycles. The van der Waals surface area contributed by atoms with E-state index in [-0.39, 0.29) is 0 Å². The molecule has 1 aliphatic heterocycles. The average molecular weight is 214 g/mol. The van der Waals surface area contributed by atoms with Crippen LogP contribution in [-0.2, 0) is 0 Å². The number of hydrogen-bond acceptors (Lipinski definition) is 2. The van der Waals surface area contributed by atoms with Crippen molar-refractivity contribution in [3.05, 3.63) is 0 Å². The Balaban J connectivity index is 1.74. The molecule has 2 nitrogen and oxygen atoms in total. The highest BCUT2D eigenvalue weighted by molar-refractivity contribution is 7.16. The molecule has 1 unspecified atom stereocenters. The van der Waals surface area contributed by atoms with Crippen LogP contribution in [0.1, 0.15) is 32.6 Å². The van der Waals surface area contributed by atoms with Gasteiger partial charge in [0, 0.05) is 12.3 Å². The Bertz CT molecular complexity index is 172. The molecule has 82 valence electrons. The van der Waals surface area contributed by atoms with Gasteiger partial charge in [0.05, 0.1) is 0 Å². The van der Waals surface area contributed by atoms with Crippen molar-refractivity contribution in [1.82, 2.24) is 10.2 Å². The van der Waals surface area contributed by atoms with Crippen molar-refractivity contribution in [2.24, 2.45) is 5.41 Å². The van der Waals surface area contributed by atoms with Gasteiger partial charge in [-0.1, -0.05) is 6.92 Å². The number of piperidine rings is 1. The molecule has 2 rings (SSSR count). The van der Waals surface area contributed by atoms with Gasteiger partial charge in [-0.15, -0.1) is 9.24 Å².